The SMILES string of the molecule is COc1ccc(NC(=O)C(=O)N/N=C\c2cc(Cl)c(OCC(=O)Nc3ccc(C)cc3C)c(OC)c2)cc1. The fourth-order valence-corrected chi connectivity index (χ4v) is 3.58. The fraction of sp³-hybridized carbons (Fsp3) is 0.185. The van der Waals surface area contributed by atoms with Crippen LogP contribution in [0.2, 0.25) is 5.02 Å². The molecule has 0 atom stereocenters. The van der Waals surface area contributed by atoms with Crippen LogP contribution >= 0.6 is 11.6 Å². The number of nitrogens with zero attached hydrogens (tertiary/aromatic N) is 1. The van der Waals surface area contributed by atoms with E-state index in [1.165, 1.54) is 26.5 Å². The van der Waals surface area contributed by atoms with Gasteiger partial charge in [0.2, 0.25) is 0 Å². The Morgan fingerprint density at radius 3 is 2.32 bits per heavy atom. The van der Waals surface area contributed by atoms with Gasteiger partial charge in [0.1, 0.15) is 5.75 Å². The zero-order valence-corrected chi connectivity index (χ0v) is 22.0. The number of anilines is 2. The van der Waals surface area contributed by atoms with Crippen LogP contribution in [-0.2, 0) is 14.4 Å². The molecule has 0 radical (unpaired) electrons. The Balaban J connectivity index is 1.57. The van der Waals surface area contributed by atoms with Crippen molar-refractivity contribution in [3.63, 3.8) is 0 Å². The van der Waals surface area contributed by atoms with Crippen LogP contribution in [-0.4, -0.2) is 44.8 Å². The van der Waals surface area contributed by atoms with Crippen molar-refractivity contribution in [2.24, 2.45) is 5.10 Å². The van der Waals surface area contributed by atoms with Gasteiger partial charge in [-0.3, -0.25) is 14.4 Å². The van der Waals surface area contributed by atoms with Crippen LogP contribution < -0.4 is 30.3 Å². The number of aryl methyl sites for hydroxylation is 2. The molecule has 11 heteroatoms. The second-order valence-electron chi connectivity index (χ2n) is 8.07. The maximum Gasteiger partial charge on any atom is 0.329 e. The lowest BCUT2D eigenvalue weighted by molar-refractivity contribution is -0.136. The van der Waals surface area contributed by atoms with Crippen molar-refractivity contribution in [1.29, 1.82) is 0 Å². The highest BCUT2D eigenvalue weighted by Crippen LogP contribution is 2.36. The third-order valence-electron chi connectivity index (χ3n) is 5.19. The molecule has 198 valence electrons. The summed E-state index contributed by atoms with van der Waals surface area (Å²) in [4.78, 5) is 36.5. The Labute approximate surface area is 224 Å². The van der Waals surface area contributed by atoms with E-state index >= 15 is 0 Å². The van der Waals surface area contributed by atoms with E-state index in [0.717, 1.165) is 11.1 Å². The number of methoxy groups -OCH3 is 2. The van der Waals surface area contributed by atoms with Gasteiger partial charge in [0.15, 0.2) is 18.1 Å². The van der Waals surface area contributed by atoms with Crippen molar-refractivity contribution < 1.29 is 28.6 Å². The second-order valence-corrected chi connectivity index (χ2v) is 8.48. The highest BCUT2D eigenvalue weighted by molar-refractivity contribution is 6.39. The van der Waals surface area contributed by atoms with Gasteiger partial charge in [-0.05, 0) is 67.4 Å². The highest BCUT2D eigenvalue weighted by atomic mass is 35.5. The lowest BCUT2D eigenvalue weighted by Crippen LogP contribution is -2.32. The van der Waals surface area contributed by atoms with Crippen molar-refractivity contribution >= 4 is 46.9 Å². The number of carbonyl (C=O) groups is 3. The number of amides is 3. The summed E-state index contributed by atoms with van der Waals surface area (Å²) in [6, 6.07) is 15.2. The minimum Gasteiger partial charge on any atom is -0.497 e. The third-order valence-corrected chi connectivity index (χ3v) is 5.47. The van der Waals surface area contributed by atoms with E-state index in [9.17, 15) is 14.4 Å². The maximum absolute atomic E-state index is 12.4. The first kappa shape index (κ1) is 28.0. The van der Waals surface area contributed by atoms with Gasteiger partial charge < -0.3 is 24.8 Å². The maximum atomic E-state index is 12.4. The fourth-order valence-electron chi connectivity index (χ4n) is 3.31. The topological polar surface area (TPSA) is 127 Å². The van der Waals surface area contributed by atoms with Crippen molar-refractivity contribution in [2.75, 3.05) is 31.5 Å². The predicted molar refractivity (Wildman–Crippen MR) is 145 cm³/mol. The molecule has 0 bridgehead atoms. The van der Waals surface area contributed by atoms with Crippen LogP contribution in [0, 0.1) is 13.8 Å². The summed E-state index contributed by atoms with van der Waals surface area (Å²) in [5.41, 5.74) is 5.73. The van der Waals surface area contributed by atoms with Gasteiger partial charge >= 0.3 is 11.8 Å². The van der Waals surface area contributed by atoms with Crippen molar-refractivity contribution in [1.82, 2.24) is 5.43 Å². The van der Waals surface area contributed by atoms with Crippen LogP contribution in [0.25, 0.3) is 0 Å². The summed E-state index contributed by atoms with van der Waals surface area (Å²) in [5.74, 6) is -1.19. The number of hydrogen-bond donors (Lipinski definition) is 3. The van der Waals surface area contributed by atoms with Gasteiger partial charge in [-0.2, -0.15) is 5.10 Å². The molecule has 0 spiro atoms. The van der Waals surface area contributed by atoms with Gasteiger partial charge in [0, 0.05) is 11.4 Å². The summed E-state index contributed by atoms with van der Waals surface area (Å²) >= 11 is 6.34. The summed E-state index contributed by atoms with van der Waals surface area (Å²) in [6.07, 6.45) is 1.28. The Kier molecular flexibility index (Phi) is 9.66. The Morgan fingerprint density at radius 1 is 0.921 bits per heavy atom. The number of ether oxygens (including phenoxy) is 3. The number of hydrogen-bond acceptors (Lipinski definition) is 7. The van der Waals surface area contributed by atoms with Gasteiger partial charge in [-0.15, -0.1) is 0 Å². The van der Waals surface area contributed by atoms with Crippen molar-refractivity contribution in [2.45, 2.75) is 13.8 Å². The zero-order valence-electron chi connectivity index (χ0n) is 21.3. The second kappa shape index (κ2) is 13.1. The number of nitrogens with one attached hydrogen (secondary N) is 3. The van der Waals surface area contributed by atoms with Crippen LogP contribution in [0.5, 0.6) is 17.2 Å². The van der Waals surface area contributed by atoms with E-state index < -0.39 is 11.8 Å². The summed E-state index contributed by atoms with van der Waals surface area (Å²) in [5, 5.41) is 9.20. The highest BCUT2D eigenvalue weighted by Gasteiger charge is 2.15. The molecule has 3 amide bonds. The molecule has 0 fully saturated rings. The molecule has 10 nitrogen and oxygen atoms in total. The molecule has 0 aromatic heterocycles. The van der Waals surface area contributed by atoms with E-state index in [2.05, 4.69) is 21.2 Å². The molecule has 0 saturated heterocycles. The number of carbonyl (C=O) groups excluding carboxylic acids is 3. The monoisotopic (exact) mass is 538 g/mol. The number of hydrazone groups is 1. The Morgan fingerprint density at radius 2 is 1.66 bits per heavy atom. The molecule has 3 aromatic rings. The Hall–Kier alpha value is -4.57. The smallest absolute Gasteiger partial charge is 0.329 e. The number of rotatable bonds is 9. The average Bonchev–Trinajstić information content (AvgIpc) is 2.89. The lowest BCUT2D eigenvalue weighted by atomic mass is 10.1. The van der Waals surface area contributed by atoms with Crippen molar-refractivity contribution in [3.05, 3.63) is 76.3 Å². The van der Waals surface area contributed by atoms with E-state index in [-0.39, 0.29) is 29.0 Å². The molecule has 0 heterocycles. The van der Waals surface area contributed by atoms with Crippen molar-refractivity contribution in [3.8, 4) is 17.2 Å². The zero-order chi connectivity index (χ0) is 27.7. The van der Waals surface area contributed by atoms with Crippen LogP contribution in [0.4, 0.5) is 11.4 Å². The third kappa shape index (κ3) is 7.71. The summed E-state index contributed by atoms with van der Waals surface area (Å²) in [6.45, 7) is 3.58. The lowest BCUT2D eigenvalue weighted by Gasteiger charge is -2.14. The number of benzene rings is 3. The molecule has 0 unspecified atom stereocenters. The van der Waals surface area contributed by atoms with Gasteiger partial charge in [-0.1, -0.05) is 29.3 Å². The first-order valence-electron chi connectivity index (χ1n) is 11.4. The van der Waals surface area contributed by atoms with Gasteiger partial charge in [-0.25, -0.2) is 5.43 Å². The molecule has 0 saturated carbocycles. The normalized spacial score (nSPS) is 10.6. The van der Waals surface area contributed by atoms with E-state index in [0.29, 0.717) is 22.7 Å². The molecule has 0 aliphatic carbocycles. The Bertz CT molecular complexity index is 1360. The van der Waals surface area contributed by atoms with Crippen LogP contribution in [0.3, 0.4) is 0 Å². The first-order chi connectivity index (χ1) is 18.2. The quantitative estimate of drug-likeness (QED) is 0.214. The van der Waals surface area contributed by atoms with Crippen LogP contribution in [0.15, 0.2) is 59.7 Å². The first-order valence-corrected chi connectivity index (χ1v) is 11.7. The van der Waals surface area contributed by atoms with E-state index in [1.807, 2.05) is 32.0 Å². The number of halogens is 1. The molecule has 3 rings (SSSR count). The minimum atomic E-state index is -0.968. The summed E-state index contributed by atoms with van der Waals surface area (Å²) < 4.78 is 16.0. The standard InChI is InChI=1S/C27H27ClN4O6/c1-16-5-10-22(17(2)11-16)31-24(33)15-38-25-21(28)12-18(13-23(25)37-4)14-29-32-27(35)26(34)30-19-6-8-20(36-3)9-7-19/h5-14H,15H2,1-4H3,(H,30,34)(H,31,33)(H,32,35)/b29-14-. The molecule has 38 heavy (non-hydrogen) atoms. The molecule has 3 aromatic carbocycles. The molecule has 3 N–H and O–H groups in total. The van der Waals surface area contributed by atoms with E-state index in [1.54, 1.807) is 30.3 Å². The minimum absolute atomic E-state index is 0.161. The summed E-state index contributed by atoms with van der Waals surface area (Å²) in [7, 11) is 2.94. The molecule has 0 aliphatic heterocycles. The van der Waals surface area contributed by atoms with Crippen LogP contribution in [0.1, 0.15) is 16.7 Å². The van der Waals surface area contributed by atoms with Gasteiger partial charge in [0.25, 0.3) is 5.91 Å². The predicted octanol–water partition coefficient (Wildman–Crippen LogP) is 4.08. The molecular weight excluding hydrogens is 512 g/mol. The van der Waals surface area contributed by atoms with E-state index in [4.69, 9.17) is 25.8 Å². The largest absolute Gasteiger partial charge is 0.497 e. The molecular formula is C27H27ClN4O6. The molecule has 0 aliphatic rings. The average molecular weight is 539 g/mol. The van der Waals surface area contributed by atoms with Gasteiger partial charge in [0.05, 0.1) is 25.5 Å².